The molecule has 1 aromatic heterocycles. The number of aliphatic hydroxyl groups is 1. The molecule has 2 aromatic rings. The number of hydrogen-bond acceptors (Lipinski definition) is 7. The second kappa shape index (κ2) is 9.16. The molecule has 0 aliphatic carbocycles. The molecule has 1 atom stereocenters. The number of thiazole rings is 1. The molecule has 9 heteroatoms. The Labute approximate surface area is 155 Å². The molecule has 0 bridgehead atoms. The fourth-order valence-electron chi connectivity index (χ4n) is 2.10. The van der Waals surface area contributed by atoms with Crippen LogP contribution in [0.15, 0.2) is 30.5 Å². The highest BCUT2D eigenvalue weighted by Crippen LogP contribution is 2.30. The van der Waals surface area contributed by atoms with Gasteiger partial charge in [0.1, 0.15) is 5.75 Å². The minimum atomic E-state index is -0.608. The number of benzene rings is 1. The maximum absolute atomic E-state index is 12.2. The van der Waals surface area contributed by atoms with Crippen LogP contribution in [0.5, 0.6) is 10.8 Å². The molecule has 0 saturated heterocycles. The zero-order valence-electron chi connectivity index (χ0n) is 14.8. The monoisotopic (exact) mass is 379 g/mol. The van der Waals surface area contributed by atoms with Crippen molar-refractivity contribution in [1.82, 2.24) is 9.88 Å². The first-order valence-corrected chi connectivity index (χ1v) is 8.80. The van der Waals surface area contributed by atoms with Gasteiger partial charge in [0.2, 0.25) is 5.06 Å². The van der Waals surface area contributed by atoms with Crippen molar-refractivity contribution in [3.8, 4) is 10.8 Å². The molecule has 2 amide bonds. The molecular weight excluding hydrogens is 358 g/mol. The number of ether oxygens (including phenoxy) is 2. The van der Waals surface area contributed by atoms with E-state index in [1.807, 2.05) is 6.92 Å². The number of nitrogens with zero attached hydrogens (tertiary/aromatic N) is 2. The third kappa shape index (κ3) is 5.43. The smallest absolute Gasteiger partial charge is 0.337 e. The highest BCUT2D eigenvalue weighted by atomic mass is 32.1. The molecule has 8 nitrogen and oxygen atoms in total. The number of anilines is 1. The van der Waals surface area contributed by atoms with Gasteiger partial charge >= 0.3 is 12.0 Å². The van der Waals surface area contributed by atoms with Crippen molar-refractivity contribution in [2.75, 3.05) is 25.5 Å². The molecule has 0 aliphatic rings. The van der Waals surface area contributed by atoms with Gasteiger partial charge in [0, 0.05) is 13.1 Å². The summed E-state index contributed by atoms with van der Waals surface area (Å²) in [6, 6.07) is 6.15. The first kappa shape index (κ1) is 19.7. The van der Waals surface area contributed by atoms with Gasteiger partial charge in [-0.1, -0.05) is 11.3 Å². The molecule has 0 aliphatic heterocycles. The van der Waals surface area contributed by atoms with Crippen molar-refractivity contribution >= 4 is 28.5 Å². The lowest BCUT2D eigenvalue weighted by Gasteiger charge is -2.21. The topological polar surface area (TPSA) is 101 Å². The van der Waals surface area contributed by atoms with Crippen molar-refractivity contribution in [2.24, 2.45) is 0 Å². The van der Waals surface area contributed by atoms with E-state index in [0.29, 0.717) is 28.1 Å². The molecular formula is C17H21N3O5S. The normalized spacial score (nSPS) is 11.5. The van der Waals surface area contributed by atoms with Crippen LogP contribution < -0.4 is 10.1 Å². The summed E-state index contributed by atoms with van der Waals surface area (Å²) >= 11 is 1.17. The summed E-state index contributed by atoms with van der Waals surface area (Å²) in [4.78, 5) is 29.2. The summed E-state index contributed by atoms with van der Waals surface area (Å²) in [6.45, 7) is 4.16. The zero-order valence-corrected chi connectivity index (χ0v) is 15.6. The van der Waals surface area contributed by atoms with E-state index in [0.717, 1.165) is 0 Å². The molecule has 26 heavy (non-hydrogen) atoms. The number of carbonyl (C=O) groups is 2. The van der Waals surface area contributed by atoms with Crippen LogP contribution in [0.2, 0.25) is 0 Å². The Morgan fingerprint density at radius 2 is 2.04 bits per heavy atom. The van der Waals surface area contributed by atoms with Crippen molar-refractivity contribution in [3.05, 3.63) is 36.0 Å². The van der Waals surface area contributed by atoms with Crippen LogP contribution in [0.1, 0.15) is 24.2 Å². The molecule has 0 fully saturated rings. The van der Waals surface area contributed by atoms with Crippen LogP contribution in [0.4, 0.5) is 9.93 Å². The van der Waals surface area contributed by atoms with Crippen LogP contribution in [-0.4, -0.2) is 53.3 Å². The second-order valence-electron chi connectivity index (χ2n) is 5.42. The van der Waals surface area contributed by atoms with Crippen LogP contribution in [0, 0.1) is 0 Å². The van der Waals surface area contributed by atoms with Gasteiger partial charge in [-0.3, -0.25) is 5.32 Å². The van der Waals surface area contributed by atoms with Crippen molar-refractivity contribution < 1.29 is 24.2 Å². The minimum absolute atomic E-state index is 0.240. The largest absolute Gasteiger partial charge is 0.465 e. The van der Waals surface area contributed by atoms with Gasteiger partial charge in [0.25, 0.3) is 0 Å². The molecule has 0 radical (unpaired) electrons. The van der Waals surface area contributed by atoms with Gasteiger partial charge in [0.05, 0.1) is 25.0 Å². The number of nitrogens with one attached hydrogen (secondary N) is 1. The van der Waals surface area contributed by atoms with E-state index in [1.54, 1.807) is 31.2 Å². The maximum Gasteiger partial charge on any atom is 0.337 e. The van der Waals surface area contributed by atoms with Crippen LogP contribution in [0.25, 0.3) is 0 Å². The Hall–Kier alpha value is -2.65. The summed E-state index contributed by atoms with van der Waals surface area (Å²) in [6.07, 6.45) is 0.892. The minimum Gasteiger partial charge on any atom is -0.465 e. The van der Waals surface area contributed by atoms with Crippen molar-refractivity contribution in [2.45, 2.75) is 20.0 Å². The lowest BCUT2D eigenvalue weighted by atomic mass is 10.2. The average Bonchev–Trinajstić information content (AvgIpc) is 3.06. The molecule has 2 rings (SSSR count). The summed E-state index contributed by atoms with van der Waals surface area (Å²) in [5.74, 6) is 0.112. The lowest BCUT2D eigenvalue weighted by molar-refractivity contribution is 0.0600. The summed E-state index contributed by atoms with van der Waals surface area (Å²) in [5, 5.41) is 13.0. The van der Waals surface area contributed by atoms with Crippen LogP contribution in [-0.2, 0) is 4.74 Å². The number of carbonyl (C=O) groups excluding carboxylic acids is 2. The van der Waals surface area contributed by atoms with Gasteiger partial charge in [0.15, 0.2) is 5.13 Å². The predicted molar refractivity (Wildman–Crippen MR) is 97.9 cm³/mol. The highest BCUT2D eigenvalue weighted by Gasteiger charge is 2.16. The van der Waals surface area contributed by atoms with E-state index in [1.165, 1.54) is 29.5 Å². The summed E-state index contributed by atoms with van der Waals surface area (Å²) in [5.41, 5.74) is 0.426. The number of aliphatic hydroxyl groups excluding tert-OH is 1. The molecule has 2 N–H and O–H groups in total. The Balaban J connectivity index is 1.97. The number of hydrogen-bond donors (Lipinski definition) is 2. The molecule has 1 heterocycles. The van der Waals surface area contributed by atoms with E-state index in [9.17, 15) is 14.7 Å². The number of amides is 2. The van der Waals surface area contributed by atoms with Gasteiger partial charge in [-0.05, 0) is 38.1 Å². The van der Waals surface area contributed by atoms with Gasteiger partial charge in [-0.15, -0.1) is 0 Å². The molecule has 1 aromatic carbocycles. The van der Waals surface area contributed by atoms with Gasteiger partial charge in [-0.2, -0.15) is 0 Å². The highest BCUT2D eigenvalue weighted by molar-refractivity contribution is 7.17. The number of methoxy groups -OCH3 is 1. The fourth-order valence-corrected chi connectivity index (χ4v) is 2.78. The summed E-state index contributed by atoms with van der Waals surface area (Å²) < 4.78 is 10.3. The molecule has 0 spiro atoms. The Kier molecular flexibility index (Phi) is 6.93. The van der Waals surface area contributed by atoms with Crippen molar-refractivity contribution in [1.29, 1.82) is 0 Å². The second-order valence-corrected chi connectivity index (χ2v) is 6.41. The van der Waals surface area contributed by atoms with E-state index in [4.69, 9.17) is 4.74 Å². The van der Waals surface area contributed by atoms with Crippen LogP contribution in [0.3, 0.4) is 0 Å². The predicted octanol–water partition coefficient (Wildman–Crippen LogP) is 2.96. The van der Waals surface area contributed by atoms with Crippen molar-refractivity contribution in [3.63, 3.8) is 0 Å². The number of rotatable bonds is 7. The number of likely N-dealkylation sites (N-methyl/N-ethyl adjacent to an activating group) is 1. The molecule has 0 unspecified atom stereocenters. The standard InChI is InChI=1S/C17H21N3O5S/c1-4-20(10-11(2)21)17(23)19-16-18-9-14(26-16)25-13-7-5-12(6-8-13)15(22)24-3/h5-9,11,21H,4,10H2,1-3H3,(H,18,19,23)/t11-/m0/s1. The van der Waals surface area contributed by atoms with E-state index < -0.39 is 12.1 Å². The maximum atomic E-state index is 12.2. The molecule has 0 saturated carbocycles. The zero-order chi connectivity index (χ0) is 19.1. The van der Waals surface area contributed by atoms with E-state index >= 15 is 0 Å². The Bertz CT molecular complexity index is 745. The number of urea groups is 1. The number of aromatic nitrogens is 1. The number of esters is 1. The fraction of sp³-hybridized carbons (Fsp3) is 0.353. The quantitative estimate of drug-likeness (QED) is 0.717. The Morgan fingerprint density at radius 1 is 1.35 bits per heavy atom. The van der Waals surface area contributed by atoms with E-state index in [2.05, 4.69) is 15.0 Å². The third-order valence-electron chi connectivity index (χ3n) is 3.35. The third-order valence-corrected chi connectivity index (χ3v) is 4.14. The summed E-state index contributed by atoms with van der Waals surface area (Å²) in [7, 11) is 1.32. The lowest BCUT2D eigenvalue weighted by Crippen LogP contribution is -2.39. The first-order valence-electron chi connectivity index (χ1n) is 7.99. The van der Waals surface area contributed by atoms with Gasteiger partial charge in [-0.25, -0.2) is 14.6 Å². The van der Waals surface area contributed by atoms with E-state index in [-0.39, 0.29) is 12.6 Å². The SMILES string of the molecule is CCN(C[C@H](C)O)C(=O)Nc1ncc(Oc2ccc(C(=O)OC)cc2)s1. The van der Waals surface area contributed by atoms with Gasteiger partial charge < -0.3 is 19.5 Å². The Morgan fingerprint density at radius 3 is 2.62 bits per heavy atom. The molecule has 140 valence electrons. The van der Waals surface area contributed by atoms with Crippen LogP contribution >= 0.6 is 11.3 Å². The average molecular weight is 379 g/mol. The first-order chi connectivity index (χ1) is 12.4.